The molecule has 0 aliphatic heterocycles. The first-order chi connectivity index (χ1) is 18.5. The number of hydrogen-bond acceptors (Lipinski definition) is 9. The highest BCUT2D eigenvalue weighted by molar-refractivity contribution is 7.87. The highest BCUT2D eigenvalue weighted by atomic mass is 32.2. The SMILES string of the molecule is CC1(OCCOC(=O)C(F)(F)S(=O)(=O)O)C2CC3CC1CC(OCC(=O)OC14CC5CC(CC(O)(C5)C1)C4)(C3)C2. The Labute approximate surface area is 232 Å². The number of alkyl halides is 2. The van der Waals surface area contributed by atoms with Crippen molar-refractivity contribution in [3.63, 3.8) is 0 Å². The zero-order valence-electron chi connectivity index (χ0n) is 22.6. The first kappa shape index (κ1) is 28.7. The normalized spacial score (nSPS) is 45.1. The third kappa shape index (κ3) is 4.87. The van der Waals surface area contributed by atoms with Crippen LogP contribution in [0.3, 0.4) is 0 Å². The Morgan fingerprint density at radius 2 is 1.48 bits per heavy atom. The van der Waals surface area contributed by atoms with Crippen LogP contribution in [0.15, 0.2) is 0 Å². The molecule has 2 N–H and O–H groups in total. The summed E-state index contributed by atoms with van der Waals surface area (Å²) < 4.78 is 79.6. The standard InChI is InChI=1S/C27H38F2O10S/c1-23(37-3-2-36-22(31)27(28,29)40(33,34)35)19-5-16-6-20(23)13-25(9-16,12-19)38-14-21(30)39-26-10-17-4-18(11-26)8-24(32,7-17)15-26/h16-20,32H,2-15H2,1H3,(H,33,34,35). The van der Waals surface area contributed by atoms with Crippen LogP contribution in [-0.2, 0) is 38.7 Å². The minimum Gasteiger partial charge on any atom is -0.458 e. The molecule has 0 aromatic heterocycles. The Balaban J connectivity index is 1.02. The van der Waals surface area contributed by atoms with Crippen molar-refractivity contribution in [2.75, 3.05) is 19.8 Å². The predicted molar refractivity (Wildman–Crippen MR) is 133 cm³/mol. The van der Waals surface area contributed by atoms with Gasteiger partial charge in [-0.1, -0.05) is 0 Å². The van der Waals surface area contributed by atoms with E-state index < -0.39 is 50.4 Å². The molecule has 226 valence electrons. The molecule has 8 bridgehead atoms. The second-order valence-electron chi connectivity index (χ2n) is 13.8. The maximum Gasteiger partial charge on any atom is 0.465 e. The lowest BCUT2D eigenvalue weighted by atomic mass is 9.48. The Morgan fingerprint density at radius 3 is 2.05 bits per heavy atom. The average molecular weight is 593 g/mol. The Morgan fingerprint density at radius 1 is 0.875 bits per heavy atom. The van der Waals surface area contributed by atoms with E-state index in [-0.39, 0.29) is 31.0 Å². The van der Waals surface area contributed by atoms with Gasteiger partial charge in [0.1, 0.15) is 18.8 Å². The minimum absolute atomic E-state index is 0.0853. The van der Waals surface area contributed by atoms with Crippen molar-refractivity contribution < 1.29 is 55.4 Å². The molecule has 0 saturated heterocycles. The Bertz CT molecular complexity index is 1140. The molecule has 8 aliphatic carbocycles. The molecule has 4 atom stereocenters. The lowest BCUT2D eigenvalue weighted by Gasteiger charge is -2.63. The number of aliphatic hydroxyl groups is 1. The molecule has 8 saturated carbocycles. The van der Waals surface area contributed by atoms with E-state index in [0.29, 0.717) is 37.0 Å². The van der Waals surface area contributed by atoms with Gasteiger partial charge in [-0.3, -0.25) is 4.55 Å². The molecule has 0 aromatic carbocycles. The van der Waals surface area contributed by atoms with Crippen LogP contribution in [0.5, 0.6) is 0 Å². The number of halogens is 2. The molecule has 0 heterocycles. The summed E-state index contributed by atoms with van der Waals surface area (Å²) in [7, 11) is -5.93. The van der Waals surface area contributed by atoms with E-state index in [1.54, 1.807) is 0 Å². The molecule has 4 unspecified atom stereocenters. The summed E-state index contributed by atoms with van der Waals surface area (Å²) in [5.41, 5.74) is -2.38. The highest BCUT2D eigenvalue weighted by Gasteiger charge is 2.63. The van der Waals surface area contributed by atoms with E-state index in [0.717, 1.165) is 51.4 Å². The number of carbonyl (C=O) groups is 2. The molecule has 0 amide bonds. The van der Waals surface area contributed by atoms with Crippen molar-refractivity contribution in [1.29, 1.82) is 0 Å². The van der Waals surface area contributed by atoms with E-state index in [1.807, 2.05) is 6.92 Å². The molecule has 8 rings (SSSR count). The largest absolute Gasteiger partial charge is 0.465 e. The van der Waals surface area contributed by atoms with E-state index in [4.69, 9.17) is 18.8 Å². The Hall–Kier alpha value is -1.41. The third-order valence-corrected chi connectivity index (χ3v) is 11.7. The van der Waals surface area contributed by atoms with E-state index >= 15 is 0 Å². The molecule has 8 aliphatic rings. The van der Waals surface area contributed by atoms with Gasteiger partial charge in [0.25, 0.3) is 0 Å². The van der Waals surface area contributed by atoms with Crippen LogP contribution in [0.25, 0.3) is 0 Å². The van der Waals surface area contributed by atoms with Gasteiger partial charge in [-0.15, -0.1) is 0 Å². The number of esters is 2. The maximum atomic E-state index is 13.4. The molecule has 10 nitrogen and oxygen atoms in total. The van der Waals surface area contributed by atoms with Crippen molar-refractivity contribution in [1.82, 2.24) is 0 Å². The quantitative estimate of drug-likeness (QED) is 0.221. The van der Waals surface area contributed by atoms with Gasteiger partial charge >= 0.3 is 27.3 Å². The van der Waals surface area contributed by atoms with E-state index in [1.165, 1.54) is 0 Å². The van der Waals surface area contributed by atoms with Gasteiger partial charge < -0.3 is 24.1 Å². The summed E-state index contributed by atoms with van der Waals surface area (Å²) in [6.07, 6.45) is 8.81. The van der Waals surface area contributed by atoms with Crippen LogP contribution >= 0.6 is 0 Å². The topological polar surface area (TPSA) is 146 Å². The number of carbonyl (C=O) groups excluding carboxylic acids is 2. The summed E-state index contributed by atoms with van der Waals surface area (Å²) in [5, 5.41) is 5.92. The van der Waals surface area contributed by atoms with Crippen LogP contribution in [-0.4, -0.2) is 77.5 Å². The third-order valence-electron chi connectivity index (χ3n) is 10.8. The zero-order chi connectivity index (χ0) is 28.8. The molecule has 0 aromatic rings. The number of hydrogen-bond donors (Lipinski definition) is 2. The number of ether oxygens (including phenoxy) is 4. The van der Waals surface area contributed by atoms with Gasteiger partial charge in [-0.2, -0.15) is 17.2 Å². The monoisotopic (exact) mass is 592 g/mol. The van der Waals surface area contributed by atoms with Crippen LogP contribution in [0.4, 0.5) is 8.78 Å². The van der Waals surface area contributed by atoms with Crippen molar-refractivity contribution in [3.05, 3.63) is 0 Å². The summed E-state index contributed by atoms with van der Waals surface area (Å²) in [5.74, 6) is -1.34. The van der Waals surface area contributed by atoms with E-state index in [2.05, 4.69) is 4.74 Å². The fourth-order valence-electron chi connectivity index (χ4n) is 9.85. The van der Waals surface area contributed by atoms with Crippen LogP contribution in [0, 0.1) is 29.6 Å². The van der Waals surface area contributed by atoms with Crippen LogP contribution in [0.2, 0.25) is 0 Å². The van der Waals surface area contributed by atoms with Crippen LogP contribution < -0.4 is 0 Å². The molecule has 40 heavy (non-hydrogen) atoms. The van der Waals surface area contributed by atoms with Gasteiger partial charge in [-0.05, 0) is 101 Å². The summed E-state index contributed by atoms with van der Waals surface area (Å²) >= 11 is 0. The van der Waals surface area contributed by atoms with Crippen molar-refractivity contribution in [2.45, 2.75) is 105 Å². The summed E-state index contributed by atoms with van der Waals surface area (Å²) in [4.78, 5) is 24.5. The van der Waals surface area contributed by atoms with Crippen molar-refractivity contribution >= 4 is 22.1 Å². The van der Waals surface area contributed by atoms with Crippen LogP contribution in [0.1, 0.15) is 77.6 Å². The first-order valence-electron chi connectivity index (χ1n) is 14.3. The Kier molecular flexibility index (Phi) is 6.67. The van der Waals surface area contributed by atoms with Gasteiger partial charge in [-0.25, -0.2) is 9.59 Å². The molecule has 8 fully saturated rings. The number of rotatable bonds is 10. The first-order valence-corrected chi connectivity index (χ1v) is 15.7. The van der Waals surface area contributed by atoms with Crippen molar-refractivity contribution in [3.8, 4) is 0 Å². The summed E-state index contributed by atoms with van der Waals surface area (Å²) in [6.45, 7) is 1.01. The maximum absolute atomic E-state index is 13.4. The van der Waals surface area contributed by atoms with E-state index in [9.17, 15) is 31.9 Å². The average Bonchev–Trinajstić information content (AvgIpc) is 2.81. The molecular weight excluding hydrogens is 554 g/mol. The molecule has 0 radical (unpaired) electrons. The van der Waals surface area contributed by atoms with Gasteiger partial charge in [0.05, 0.1) is 23.4 Å². The zero-order valence-corrected chi connectivity index (χ0v) is 23.4. The fraction of sp³-hybridized carbons (Fsp3) is 0.926. The highest BCUT2D eigenvalue weighted by Crippen LogP contribution is 2.62. The minimum atomic E-state index is -5.93. The lowest BCUT2D eigenvalue weighted by Crippen LogP contribution is -2.64. The molecule has 13 heteroatoms. The summed E-state index contributed by atoms with van der Waals surface area (Å²) in [6, 6.07) is 0. The second-order valence-corrected chi connectivity index (χ2v) is 15.3. The fourth-order valence-corrected chi connectivity index (χ4v) is 10.1. The van der Waals surface area contributed by atoms with Gasteiger partial charge in [0, 0.05) is 6.42 Å². The molecule has 0 spiro atoms. The second kappa shape index (κ2) is 9.29. The van der Waals surface area contributed by atoms with Crippen molar-refractivity contribution in [2.24, 2.45) is 29.6 Å². The lowest BCUT2D eigenvalue weighted by molar-refractivity contribution is -0.258. The smallest absolute Gasteiger partial charge is 0.458 e. The predicted octanol–water partition coefficient (Wildman–Crippen LogP) is 3.01. The molecular formula is C27H38F2O10S. The van der Waals surface area contributed by atoms with Gasteiger partial charge in [0.15, 0.2) is 0 Å². The van der Waals surface area contributed by atoms with Gasteiger partial charge in [0.2, 0.25) is 0 Å².